The van der Waals surface area contributed by atoms with Crippen molar-refractivity contribution in [1.82, 2.24) is 15.3 Å². The maximum atomic E-state index is 12.2. The predicted octanol–water partition coefficient (Wildman–Crippen LogP) is 2.18. The standard InChI is InChI=1S/C18H22N4O3/c1-12-11-16(22-18(20-12)21-13-3-4-13)17(23)19-9-10-25-15-7-5-14(24-2)6-8-15/h5-8,11,13H,3-4,9-10H2,1-2H3,(H,19,23)(H,20,21,22). The molecule has 0 saturated heterocycles. The summed E-state index contributed by atoms with van der Waals surface area (Å²) in [6.45, 7) is 2.61. The summed E-state index contributed by atoms with van der Waals surface area (Å²) in [4.78, 5) is 20.8. The summed E-state index contributed by atoms with van der Waals surface area (Å²) in [6.07, 6.45) is 2.25. The van der Waals surface area contributed by atoms with Crippen LogP contribution in [0.25, 0.3) is 0 Å². The Labute approximate surface area is 146 Å². The summed E-state index contributed by atoms with van der Waals surface area (Å²) in [7, 11) is 1.62. The molecule has 1 aromatic carbocycles. The summed E-state index contributed by atoms with van der Waals surface area (Å²) >= 11 is 0. The van der Waals surface area contributed by atoms with E-state index in [0.29, 0.717) is 30.8 Å². The van der Waals surface area contributed by atoms with Crippen LogP contribution in [-0.4, -0.2) is 42.2 Å². The van der Waals surface area contributed by atoms with E-state index in [9.17, 15) is 4.79 Å². The summed E-state index contributed by atoms with van der Waals surface area (Å²) in [5.41, 5.74) is 1.12. The van der Waals surface area contributed by atoms with Gasteiger partial charge in [0.2, 0.25) is 5.95 Å². The second-order valence-corrected chi connectivity index (χ2v) is 5.92. The van der Waals surface area contributed by atoms with Crippen LogP contribution in [0.15, 0.2) is 30.3 Å². The second kappa shape index (κ2) is 7.83. The average molecular weight is 342 g/mol. The van der Waals surface area contributed by atoms with Crippen LogP contribution in [0.3, 0.4) is 0 Å². The molecule has 7 heteroatoms. The summed E-state index contributed by atoms with van der Waals surface area (Å²) < 4.78 is 10.7. The topological polar surface area (TPSA) is 85.4 Å². The van der Waals surface area contributed by atoms with Crippen molar-refractivity contribution in [3.05, 3.63) is 41.7 Å². The van der Waals surface area contributed by atoms with Crippen LogP contribution in [0.1, 0.15) is 29.0 Å². The van der Waals surface area contributed by atoms with Crippen molar-refractivity contribution in [2.45, 2.75) is 25.8 Å². The molecule has 0 aliphatic heterocycles. The number of hydrogen-bond donors (Lipinski definition) is 2. The molecule has 1 heterocycles. The first-order valence-electron chi connectivity index (χ1n) is 8.31. The Morgan fingerprint density at radius 2 is 1.92 bits per heavy atom. The molecule has 0 atom stereocenters. The normalized spacial score (nSPS) is 13.2. The van der Waals surface area contributed by atoms with Gasteiger partial charge in [0.1, 0.15) is 23.8 Å². The van der Waals surface area contributed by atoms with Gasteiger partial charge in [-0.25, -0.2) is 9.97 Å². The molecule has 1 aromatic heterocycles. The van der Waals surface area contributed by atoms with Crippen LogP contribution in [0.2, 0.25) is 0 Å². The summed E-state index contributed by atoms with van der Waals surface area (Å²) in [6, 6.07) is 9.42. The molecule has 7 nitrogen and oxygen atoms in total. The lowest BCUT2D eigenvalue weighted by atomic mass is 10.3. The molecule has 0 radical (unpaired) electrons. The lowest BCUT2D eigenvalue weighted by molar-refractivity contribution is 0.0942. The van der Waals surface area contributed by atoms with E-state index in [2.05, 4.69) is 20.6 Å². The molecule has 0 spiro atoms. The Balaban J connectivity index is 1.47. The minimum absolute atomic E-state index is 0.234. The largest absolute Gasteiger partial charge is 0.497 e. The van der Waals surface area contributed by atoms with Crippen molar-refractivity contribution in [2.24, 2.45) is 0 Å². The third kappa shape index (κ3) is 5.07. The minimum atomic E-state index is -0.234. The number of aromatic nitrogens is 2. The maximum Gasteiger partial charge on any atom is 0.270 e. The number of benzene rings is 1. The molecule has 3 rings (SSSR count). The minimum Gasteiger partial charge on any atom is -0.497 e. The van der Waals surface area contributed by atoms with E-state index in [1.54, 1.807) is 13.2 Å². The highest BCUT2D eigenvalue weighted by Crippen LogP contribution is 2.23. The maximum absolute atomic E-state index is 12.2. The van der Waals surface area contributed by atoms with Gasteiger partial charge in [0.15, 0.2) is 0 Å². The number of nitrogens with one attached hydrogen (secondary N) is 2. The molecule has 1 aliphatic rings. The zero-order valence-electron chi connectivity index (χ0n) is 14.4. The van der Waals surface area contributed by atoms with E-state index in [0.717, 1.165) is 30.0 Å². The fraction of sp³-hybridized carbons (Fsp3) is 0.389. The van der Waals surface area contributed by atoms with Gasteiger partial charge >= 0.3 is 0 Å². The van der Waals surface area contributed by atoms with Crippen LogP contribution in [0.4, 0.5) is 5.95 Å². The van der Waals surface area contributed by atoms with E-state index in [1.807, 2.05) is 31.2 Å². The van der Waals surface area contributed by atoms with Crippen LogP contribution < -0.4 is 20.1 Å². The van der Waals surface area contributed by atoms with E-state index < -0.39 is 0 Å². The highest BCUT2D eigenvalue weighted by atomic mass is 16.5. The van der Waals surface area contributed by atoms with Gasteiger partial charge in [-0.2, -0.15) is 0 Å². The van der Waals surface area contributed by atoms with E-state index in [1.165, 1.54) is 0 Å². The summed E-state index contributed by atoms with van der Waals surface area (Å²) in [5.74, 6) is 1.78. The second-order valence-electron chi connectivity index (χ2n) is 5.92. The number of carbonyl (C=O) groups is 1. The van der Waals surface area contributed by atoms with Gasteiger partial charge in [-0.1, -0.05) is 0 Å². The lowest BCUT2D eigenvalue weighted by Crippen LogP contribution is -2.29. The van der Waals surface area contributed by atoms with E-state index in [-0.39, 0.29) is 5.91 Å². The molecule has 1 saturated carbocycles. The van der Waals surface area contributed by atoms with Gasteiger partial charge in [-0.15, -0.1) is 0 Å². The van der Waals surface area contributed by atoms with Crippen molar-refractivity contribution < 1.29 is 14.3 Å². The van der Waals surface area contributed by atoms with Crippen molar-refractivity contribution in [2.75, 3.05) is 25.6 Å². The van der Waals surface area contributed by atoms with Crippen LogP contribution >= 0.6 is 0 Å². The molecular weight excluding hydrogens is 320 g/mol. The number of anilines is 1. The molecule has 1 fully saturated rings. The zero-order valence-corrected chi connectivity index (χ0v) is 14.4. The number of nitrogens with zero attached hydrogens (tertiary/aromatic N) is 2. The highest BCUT2D eigenvalue weighted by molar-refractivity contribution is 5.92. The fourth-order valence-electron chi connectivity index (χ4n) is 2.26. The molecule has 25 heavy (non-hydrogen) atoms. The van der Waals surface area contributed by atoms with Crippen molar-refractivity contribution in [3.63, 3.8) is 0 Å². The van der Waals surface area contributed by atoms with E-state index >= 15 is 0 Å². The molecule has 0 unspecified atom stereocenters. The van der Waals surface area contributed by atoms with Crippen LogP contribution in [0, 0.1) is 6.92 Å². The predicted molar refractivity (Wildman–Crippen MR) is 94.2 cm³/mol. The Kier molecular flexibility index (Phi) is 5.33. The van der Waals surface area contributed by atoms with Gasteiger partial charge in [0, 0.05) is 11.7 Å². The number of hydrogen-bond acceptors (Lipinski definition) is 6. The van der Waals surface area contributed by atoms with E-state index in [4.69, 9.17) is 9.47 Å². The lowest BCUT2D eigenvalue weighted by Gasteiger charge is -2.09. The Hall–Kier alpha value is -2.83. The number of rotatable bonds is 8. The number of ether oxygens (including phenoxy) is 2. The first-order chi connectivity index (χ1) is 12.1. The average Bonchev–Trinajstić information content (AvgIpc) is 3.42. The third-order valence-electron chi connectivity index (χ3n) is 3.71. The van der Waals surface area contributed by atoms with Crippen LogP contribution in [-0.2, 0) is 0 Å². The molecule has 0 bridgehead atoms. The summed E-state index contributed by atoms with van der Waals surface area (Å²) in [5, 5.41) is 6.02. The fourth-order valence-corrected chi connectivity index (χ4v) is 2.26. The quantitative estimate of drug-likeness (QED) is 0.715. The smallest absolute Gasteiger partial charge is 0.270 e. The SMILES string of the molecule is COc1ccc(OCCNC(=O)c2cc(C)nc(NC3CC3)n2)cc1. The Bertz CT molecular complexity index is 730. The van der Waals surface area contributed by atoms with Gasteiger partial charge in [-0.05, 0) is 50.1 Å². The molecule has 1 amide bonds. The van der Waals surface area contributed by atoms with Crippen molar-refractivity contribution in [3.8, 4) is 11.5 Å². The van der Waals surface area contributed by atoms with Gasteiger partial charge in [0.25, 0.3) is 5.91 Å². The highest BCUT2D eigenvalue weighted by Gasteiger charge is 2.22. The van der Waals surface area contributed by atoms with Gasteiger partial charge < -0.3 is 20.1 Å². The van der Waals surface area contributed by atoms with Crippen molar-refractivity contribution >= 4 is 11.9 Å². The zero-order chi connectivity index (χ0) is 17.6. The number of carbonyl (C=O) groups excluding carboxylic acids is 1. The van der Waals surface area contributed by atoms with Gasteiger partial charge in [-0.3, -0.25) is 4.79 Å². The third-order valence-corrected chi connectivity index (χ3v) is 3.71. The monoisotopic (exact) mass is 342 g/mol. The number of aryl methyl sites for hydroxylation is 1. The number of methoxy groups -OCH3 is 1. The molecular formula is C18H22N4O3. The first-order valence-corrected chi connectivity index (χ1v) is 8.31. The Morgan fingerprint density at radius 1 is 1.20 bits per heavy atom. The molecule has 132 valence electrons. The van der Waals surface area contributed by atoms with Crippen molar-refractivity contribution in [1.29, 1.82) is 0 Å². The van der Waals surface area contributed by atoms with Crippen LogP contribution in [0.5, 0.6) is 11.5 Å². The molecule has 1 aliphatic carbocycles. The Morgan fingerprint density at radius 3 is 2.60 bits per heavy atom. The first kappa shape index (κ1) is 17.0. The molecule has 2 N–H and O–H groups in total. The molecule has 2 aromatic rings. The number of amides is 1. The van der Waals surface area contributed by atoms with Gasteiger partial charge in [0.05, 0.1) is 13.7 Å².